The summed E-state index contributed by atoms with van der Waals surface area (Å²) in [5.74, 6) is 0. The lowest BCUT2D eigenvalue weighted by atomic mass is 9.79. The van der Waals surface area contributed by atoms with Crippen molar-refractivity contribution < 1.29 is 0 Å². The highest BCUT2D eigenvalue weighted by Gasteiger charge is 2.43. The summed E-state index contributed by atoms with van der Waals surface area (Å²) in [4.78, 5) is 0. The summed E-state index contributed by atoms with van der Waals surface area (Å²) < 4.78 is 2.50. The van der Waals surface area contributed by atoms with Crippen LogP contribution in [0.25, 0.3) is 77.2 Å². The summed E-state index contributed by atoms with van der Waals surface area (Å²) in [6, 6.07) is 39.8. The number of rotatable bonds is 1. The van der Waals surface area contributed by atoms with Crippen molar-refractivity contribution in [2.24, 2.45) is 0 Å². The van der Waals surface area contributed by atoms with Crippen molar-refractivity contribution in [2.75, 3.05) is 0 Å². The Morgan fingerprint density at radius 2 is 1.23 bits per heavy atom. The van der Waals surface area contributed by atoms with Crippen molar-refractivity contribution in [2.45, 2.75) is 51.4 Å². The lowest BCUT2D eigenvalue weighted by Gasteiger charge is -2.24. The molecule has 0 radical (unpaired) electrons. The number of para-hydroxylation sites is 1. The van der Waals surface area contributed by atoms with E-state index in [2.05, 4.69) is 148 Å². The standard InChI is InChI=1S/C46H35N/c1-45(2)36-23-34-30-15-8-9-16-40(30)47(29-13-6-5-7-14-29)41(34)25-33(36)32-22-38-35(24-37(32)45)44-31-20-19-27-12-10-11-26-17-18-28(43(31)42(26)27)21-39(44)46(38,3)4/h5-7,9-14,16-25H,8,15H2,1-4H3. The zero-order chi connectivity index (χ0) is 31.4. The molecular weight excluding hydrogens is 567 g/mol. The van der Waals surface area contributed by atoms with E-state index in [-0.39, 0.29) is 10.8 Å². The summed E-state index contributed by atoms with van der Waals surface area (Å²) in [6.07, 6.45) is 6.88. The van der Waals surface area contributed by atoms with Crippen LogP contribution in [0.5, 0.6) is 0 Å². The maximum atomic E-state index is 2.59. The second kappa shape index (κ2) is 8.41. The van der Waals surface area contributed by atoms with Crippen molar-refractivity contribution in [3.63, 3.8) is 0 Å². The first kappa shape index (κ1) is 26.0. The lowest BCUT2D eigenvalue weighted by Crippen LogP contribution is -2.17. The number of aryl methyl sites for hydroxylation is 1. The summed E-state index contributed by atoms with van der Waals surface area (Å²) >= 11 is 0. The predicted octanol–water partition coefficient (Wildman–Crippen LogP) is 12.1. The monoisotopic (exact) mass is 601 g/mol. The molecule has 0 saturated carbocycles. The minimum Gasteiger partial charge on any atom is -0.310 e. The van der Waals surface area contributed by atoms with Gasteiger partial charge in [0.05, 0.1) is 5.52 Å². The van der Waals surface area contributed by atoms with Crippen molar-refractivity contribution in [3.8, 4) is 27.9 Å². The number of nitrogens with zero attached hydrogens (tertiary/aromatic N) is 1. The van der Waals surface area contributed by atoms with E-state index in [1.165, 1.54) is 105 Å². The van der Waals surface area contributed by atoms with Crippen LogP contribution >= 0.6 is 0 Å². The Morgan fingerprint density at radius 3 is 2.06 bits per heavy atom. The molecule has 1 heterocycles. The van der Waals surface area contributed by atoms with Crippen molar-refractivity contribution in [1.29, 1.82) is 0 Å². The van der Waals surface area contributed by atoms with E-state index >= 15 is 0 Å². The normalized spacial score (nSPS) is 16.6. The number of hydrogen-bond donors (Lipinski definition) is 0. The molecule has 1 nitrogen and oxygen atoms in total. The van der Waals surface area contributed by atoms with Crippen LogP contribution < -0.4 is 0 Å². The van der Waals surface area contributed by atoms with E-state index in [4.69, 9.17) is 0 Å². The molecule has 0 spiro atoms. The molecule has 8 aromatic rings. The minimum atomic E-state index is -0.102. The summed E-state index contributed by atoms with van der Waals surface area (Å²) in [5, 5.41) is 9.62. The first-order valence-corrected chi connectivity index (χ1v) is 17.2. The van der Waals surface area contributed by atoms with Crippen LogP contribution in [0.4, 0.5) is 0 Å². The molecule has 47 heavy (non-hydrogen) atoms. The molecule has 1 heteroatoms. The van der Waals surface area contributed by atoms with Gasteiger partial charge in [0, 0.05) is 27.6 Å². The van der Waals surface area contributed by atoms with Gasteiger partial charge in [-0.15, -0.1) is 0 Å². The molecular formula is C46H35N. The van der Waals surface area contributed by atoms with E-state index in [9.17, 15) is 0 Å². The Labute approximate surface area is 275 Å². The molecule has 11 rings (SSSR count). The number of hydrogen-bond acceptors (Lipinski definition) is 0. The molecule has 3 aliphatic rings. The fraction of sp³-hybridized carbons (Fsp3) is 0.174. The third kappa shape index (κ3) is 3.07. The van der Waals surface area contributed by atoms with Crippen molar-refractivity contribution in [3.05, 3.63) is 143 Å². The second-order valence-corrected chi connectivity index (χ2v) is 15.2. The van der Waals surface area contributed by atoms with Crippen LogP contribution in [0.2, 0.25) is 0 Å². The molecule has 224 valence electrons. The van der Waals surface area contributed by atoms with Gasteiger partial charge in [-0.25, -0.2) is 0 Å². The quantitative estimate of drug-likeness (QED) is 0.165. The van der Waals surface area contributed by atoms with Crippen molar-refractivity contribution in [1.82, 2.24) is 4.57 Å². The summed E-state index contributed by atoms with van der Waals surface area (Å²) in [6.45, 7) is 9.77. The van der Waals surface area contributed by atoms with E-state index in [1.807, 2.05) is 0 Å². The van der Waals surface area contributed by atoms with E-state index in [1.54, 1.807) is 0 Å². The Balaban J connectivity index is 1.21. The largest absolute Gasteiger partial charge is 0.310 e. The van der Waals surface area contributed by atoms with E-state index in [0.29, 0.717) is 0 Å². The third-order valence-electron chi connectivity index (χ3n) is 12.2. The Kier molecular flexibility index (Phi) is 4.65. The molecule has 1 aromatic heterocycles. The molecule has 0 fully saturated rings. The Bertz CT molecular complexity index is 2700. The Morgan fingerprint density at radius 1 is 0.553 bits per heavy atom. The van der Waals surface area contributed by atoms with Crippen LogP contribution in [0.15, 0.2) is 109 Å². The number of fused-ring (bicyclic) bond motifs is 10. The molecule has 0 aliphatic heterocycles. The van der Waals surface area contributed by atoms with Gasteiger partial charge in [-0.05, 0) is 144 Å². The highest BCUT2D eigenvalue weighted by molar-refractivity contribution is 6.26. The van der Waals surface area contributed by atoms with Gasteiger partial charge in [0.2, 0.25) is 0 Å². The molecule has 0 saturated heterocycles. The molecule has 0 amide bonds. The number of benzene rings is 7. The van der Waals surface area contributed by atoms with Crippen molar-refractivity contribution >= 4 is 49.3 Å². The number of aromatic nitrogens is 1. The zero-order valence-corrected chi connectivity index (χ0v) is 27.3. The average Bonchev–Trinajstić information content (AvgIpc) is 3.62. The van der Waals surface area contributed by atoms with Gasteiger partial charge >= 0.3 is 0 Å². The first-order chi connectivity index (χ1) is 22.8. The molecule has 0 atom stereocenters. The zero-order valence-electron chi connectivity index (χ0n) is 27.3. The molecule has 0 N–H and O–H groups in total. The lowest BCUT2D eigenvalue weighted by molar-refractivity contribution is 0.653. The molecule has 0 bridgehead atoms. The van der Waals surface area contributed by atoms with Gasteiger partial charge in [0.25, 0.3) is 0 Å². The van der Waals surface area contributed by atoms with Gasteiger partial charge in [-0.3, -0.25) is 0 Å². The van der Waals surface area contributed by atoms with Crippen LogP contribution in [0.1, 0.15) is 67.6 Å². The topological polar surface area (TPSA) is 4.93 Å². The fourth-order valence-electron chi connectivity index (χ4n) is 9.82. The van der Waals surface area contributed by atoms with Gasteiger partial charge in [-0.1, -0.05) is 94.4 Å². The number of allylic oxidation sites excluding steroid dienone is 1. The highest BCUT2D eigenvalue weighted by Crippen LogP contribution is 2.59. The highest BCUT2D eigenvalue weighted by atomic mass is 15.0. The summed E-state index contributed by atoms with van der Waals surface area (Å²) in [5.41, 5.74) is 16.7. The van der Waals surface area contributed by atoms with Gasteiger partial charge < -0.3 is 4.57 Å². The minimum absolute atomic E-state index is 0.100. The molecule has 7 aromatic carbocycles. The van der Waals surface area contributed by atoms with Crippen LogP contribution in [0.3, 0.4) is 0 Å². The van der Waals surface area contributed by atoms with Crippen LogP contribution in [-0.2, 0) is 17.3 Å². The average molecular weight is 602 g/mol. The van der Waals surface area contributed by atoms with Gasteiger partial charge in [-0.2, -0.15) is 0 Å². The SMILES string of the molecule is CC1(C)c2cc3c(cc2-c2cc4c(cc21)c1c(n4-c2ccccc2)C=CCC1)C(C)(C)c1cc2ccc4cccc5ccc(c1-3)c2c45. The molecule has 3 aliphatic carbocycles. The van der Waals surface area contributed by atoms with Gasteiger partial charge in [0.15, 0.2) is 0 Å². The Hall–Kier alpha value is -5.14. The summed E-state index contributed by atoms with van der Waals surface area (Å²) in [7, 11) is 0. The third-order valence-corrected chi connectivity index (χ3v) is 12.2. The predicted molar refractivity (Wildman–Crippen MR) is 199 cm³/mol. The van der Waals surface area contributed by atoms with E-state index in [0.717, 1.165) is 12.8 Å². The maximum Gasteiger partial charge on any atom is 0.0544 e. The fourth-order valence-corrected chi connectivity index (χ4v) is 9.82. The second-order valence-electron chi connectivity index (χ2n) is 15.2. The maximum absolute atomic E-state index is 2.59. The van der Waals surface area contributed by atoms with Crippen LogP contribution in [-0.4, -0.2) is 4.57 Å². The van der Waals surface area contributed by atoms with Crippen LogP contribution in [0, 0.1) is 0 Å². The molecule has 0 unspecified atom stereocenters. The van der Waals surface area contributed by atoms with E-state index < -0.39 is 0 Å². The van der Waals surface area contributed by atoms with Gasteiger partial charge in [0.1, 0.15) is 0 Å². The first-order valence-electron chi connectivity index (χ1n) is 17.2. The smallest absolute Gasteiger partial charge is 0.0544 e.